The molecule has 0 saturated carbocycles. The highest BCUT2D eigenvalue weighted by Gasteiger charge is 2.15. The molecular formula is C23H18N4O2S. The molecule has 0 N–H and O–H groups in total. The lowest BCUT2D eigenvalue weighted by atomic mass is 10.1. The van der Waals surface area contributed by atoms with E-state index < -0.39 is 0 Å². The van der Waals surface area contributed by atoms with E-state index in [9.17, 15) is 4.79 Å². The number of aryl methyl sites for hydroxylation is 2. The van der Waals surface area contributed by atoms with Crippen molar-refractivity contribution in [3.8, 4) is 22.5 Å². The molecule has 3 aromatic heterocycles. The summed E-state index contributed by atoms with van der Waals surface area (Å²) in [4.78, 5) is 22.8. The van der Waals surface area contributed by atoms with Crippen molar-refractivity contribution in [3.05, 3.63) is 87.6 Å². The van der Waals surface area contributed by atoms with Crippen molar-refractivity contribution >= 4 is 21.6 Å². The smallest absolute Gasteiger partial charge is 0.263 e. The third-order valence-corrected chi connectivity index (χ3v) is 5.89. The van der Waals surface area contributed by atoms with Crippen LogP contribution in [-0.2, 0) is 6.54 Å². The lowest BCUT2D eigenvalue weighted by Crippen LogP contribution is -2.21. The zero-order valence-corrected chi connectivity index (χ0v) is 17.3. The fourth-order valence-corrected chi connectivity index (χ4v) is 4.22. The highest BCUT2D eigenvalue weighted by molar-refractivity contribution is 7.17. The third-order valence-electron chi connectivity index (χ3n) is 5.01. The average Bonchev–Trinajstić information content (AvgIpc) is 3.39. The molecule has 0 amide bonds. The van der Waals surface area contributed by atoms with Gasteiger partial charge in [-0.1, -0.05) is 64.8 Å². The highest BCUT2D eigenvalue weighted by atomic mass is 32.1. The first kappa shape index (κ1) is 18.4. The summed E-state index contributed by atoms with van der Waals surface area (Å²) in [6.07, 6.45) is 1.54. The molecule has 0 atom stereocenters. The van der Waals surface area contributed by atoms with E-state index in [2.05, 4.69) is 15.1 Å². The van der Waals surface area contributed by atoms with Gasteiger partial charge in [0.05, 0.1) is 11.7 Å². The molecule has 0 aliphatic rings. The van der Waals surface area contributed by atoms with E-state index in [1.54, 1.807) is 0 Å². The van der Waals surface area contributed by atoms with Crippen LogP contribution >= 0.6 is 11.3 Å². The Morgan fingerprint density at radius 1 is 0.967 bits per heavy atom. The van der Waals surface area contributed by atoms with Gasteiger partial charge in [-0.2, -0.15) is 4.98 Å². The lowest BCUT2D eigenvalue weighted by Gasteiger charge is -2.04. The van der Waals surface area contributed by atoms with Crippen molar-refractivity contribution in [2.45, 2.75) is 20.4 Å². The molecule has 0 unspecified atom stereocenters. The van der Waals surface area contributed by atoms with Crippen LogP contribution < -0.4 is 5.56 Å². The number of benzene rings is 2. The lowest BCUT2D eigenvalue weighted by molar-refractivity contribution is 0.369. The van der Waals surface area contributed by atoms with Crippen LogP contribution in [0.1, 0.15) is 17.0 Å². The highest BCUT2D eigenvalue weighted by Crippen LogP contribution is 2.30. The van der Waals surface area contributed by atoms with Gasteiger partial charge in [0, 0.05) is 16.5 Å². The number of hydrogen-bond donors (Lipinski definition) is 0. The second kappa shape index (κ2) is 7.35. The van der Waals surface area contributed by atoms with Crippen LogP contribution in [0.4, 0.5) is 0 Å². The van der Waals surface area contributed by atoms with Crippen molar-refractivity contribution in [3.63, 3.8) is 0 Å². The zero-order valence-electron chi connectivity index (χ0n) is 16.5. The number of rotatable bonds is 4. The Bertz CT molecular complexity index is 1400. The van der Waals surface area contributed by atoms with E-state index >= 15 is 0 Å². The van der Waals surface area contributed by atoms with Crippen LogP contribution in [-0.4, -0.2) is 19.7 Å². The van der Waals surface area contributed by atoms with Crippen LogP contribution in [0, 0.1) is 13.8 Å². The number of nitrogens with zero attached hydrogens (tertiary/aromatic N) is 4. The normalized spacial score (nSPS) is 11.3. The van der Waals surface area contributed by atoms with E-state index in [1.165, 1.54) is 27.8 Å². The maximum absolute atomic E-state index is 13.2. The second-order valence-corrected chi connectivity index (χ2v) is 8.11. The van der Waals surface area contributed by atoms with Gasteiger partial charge in [0.15, 0.2) is 0 Å². The molecule has 148 valence electrons. The molecule has 7 heteroatoms. The van der Waals surface area contributed by atoms with Gasteiger partial charge < -0.3 is 4.52 Å². The summed E-state index contributed by atoms with van der Waals surface area (Å²) in [5, 5.41) is 6.65. The van der Waals surface area contributed by atoms with Crippen molar-refractivity contribution in [1.29, 1.82) is 0 Å². The van der Waals surface area contributed by atoms with Gasteiger partial charge in [0.25, 0.3) is 5.56 Å². The molecule has 0 spiro atoms. The van der Waals surface area contributed by atoms with Crippen LogP contribution in [0.15, 0.2) is 69.6 Å². The molecule has 5 aromatic rings. The topological polar surface area (TPSA) is 73.8 Å². The summed E-state index contributed by atoms with van der Waals surface area (Å²) in [7, 11) is 0. The van der Waals surface area contributed by atoms with Gasteiger partial charge >= 0.3 is 0 Å². The molecule has 5 rings (SSSR count). The van der Waals surface area contributed by atoms with Gasteiger partial charge in [0.1, 0.15) is 11.4 Å². The summed E-state index contributed by atoms with van der Waals surface area (Å²) in [6.45, 7) is 4.24. The van der Waals surface area contributed by atoms with Gasteiger partial charge in [-0.05, 0) is 19.4 Å². The molecule has 0 saturated heterocycles. The predicted molar refractivity (Wildman–Crippen MR) is 118 cm³/mol. The Morgan fingerprint density at radius 3 is 2.33 bits per heavy atom. The molecule has 0 bridgehead atoms. The van der Waals surface area contributed by atoms with Gasteiger partial charge in [-0.25, -0.2) is 4.98 Å². The fraction of sp³-hybridized carbons (Fsp3) is 0.130. The molecule has 0 aliphatic heterocycles. The zero-order chi connectivity index (χ0) is 20.7. The van der Waals surface area contributed by atoms with Gasteiger partial charge in [0.2, 0.25) is 11.7 Å². The SMILES string of the molecule is Cc1ccc(-c2noc(Cn3cnc4scc(-c5ccc(C)cc5)c4c3=O)n2)cc1. The molecule has 30 heavy (non-hydrogen) atoms. The van der Waals surface area contributed by atoms with E-state index in [0.29, 0.717) is 17.1 Å². The number of hydrogen-bond acceptors (Lipinski definition) is 6. The molecule has 3 heterocycles. The monoisotopic (exact) mass is 414 g/mol. The summed E-state index contributed by atoms with van der Waals surface area (Å²) in [6, 6.07) is 16.0. The first-order valence-electron chi connectivity index (χ1n) is 9.52. The maximum atomic E-state index is 13.2. The van der Waals surface area contributed by atoms with E-state index in [1.807, 2.05) is 67.8 Å². The summed E-state index contributed by atoms with van der Waals surface area (Å²) in [5.41, 5.74) is 4.99. The molecule has 0 radical (unpaired) electrons. The second-order valence-electron chi connectivity index (χ2n) is 7.25. The largest absolute Gasteiger partial charge is 0.337 e. The molecular weight excluding hydrogens is 396 g/mol. The van der Waals surface area contributed by atoms with E-state index in [0.717, 1.165) is 27.1 Å². The van der Waals surface area contributed by atoms with Crippen molar-refractivity contribution < 1.29 is 4.52 Å². The Balaban J connectivity index is 1.50. The maximum Gasteiger partial charge on any atom is 0.263 e. The average molecular weight is 414 g/mol. The first-order valence-corrected chi connectivity index (χ1v) is 10.4. The van der Waals surface area contributed by atoms with Crippen LogP contribution in [0.5, 0.6) is 0 Å². The van der Waals surface area contributed by atoms with Crippen molar-refractivity contribution in [2.75, 3.05) is 0 Å². The van der Waals surface area contributed by atoms with Gasteiger partial charge in [-0.3, -0.25) is 9.36 Å². The number of aromatic nitrogens is 4. The number of thiophene rings is 1. The molecule has 2 aromatic carbocycles. The minimum absolute atomic E-state index is 0.119. The minimum Gasteiger partial charge on any atom is -0.337 e. The quantitative estimate of drug-likeness (QED) is 0.421. The molecule has 6 nitrogen and oxygen atoms in total. The Morgan fingerprint density at radius 2 is 1.63 bits per heavy atom. The summed E-state index contributed by atoms with van der Waals surface area (Å²) >= 11 is 1.47. The van der Waals surface area contributed by atoms with E-state index in [-0.39, 0.29) is 12.1 Å². The minimum atomic E-state index is -0.119. The molecule has 0 aliphatic carbocycles. The summed E-state index contributed by atoms with van der Waals surface area (Å²) < 4.78 is 6.90. The van der Waals surface area contributed by atoms with E-state index in [4.69, 9.17) is 4.52 Å². The Kier molecular flexibility index (Phi) is 4.52. The molecule has 0 fully saturated rings. The van der Waals surface area contributed by atoms with Crippen molar-refractivity contribution in [1.82, 2.24) is 19.7 Å². The van der Waals surface area contributed by atoms with Gasteiger partial charge in [-0.15, -0.1) is 11.3 Å². The Labute approximate surface area is 176 Å². The van der Waals surface area contributed by atoms with Crippen LogP contribution in [0.3, 0.4) is 0 Å². The van der Waals surface area contributed by atoms with Crippen molar-refractivity contribution in [2.24, 2.45) is 0 Å². The van der Waals surface area contributed by atoms with Crippen LogP contribution in [0.2, 0.25) is 0 Å². The fourth-order valence-electron chi connectivity index (χ4n) is 3.31. The summed E-state index contributed by atoms with van der Waals surface area (Å²) in [5.74, 6) is 0.865. The third kappa shape index (κ3) is 3.33. The predicted octanol–water partition coefficient (Wildman–Crippen LogP) is 4.84. The standard InChI is InChI=1S/C23H18N4O2S/c1-14-3-7-16(8-4-14)18-12-30-22-20(18)23(28)27(13-24-22)11-19-25-21(26-29-19)17-9-5-15(2)6-10-17/h3-10,12-13H,11H2,1-2H3. The Hall–Kier alpha value is -3.58. The first-order chi connectivity index (χ1) is 14.6. The number of fused-ring (bicyclic) bond motifs is 1. The van der Waals surface area contributed by atoms with Crippen LogP contribution in [0.25, 0.3) is 32.7 Å².